The number of nitrogens with zero attached hydrogens (tertiary/aromatic N) is 4. The molecule has 5 aromatic rings. The molecule has 0 spiro atoms. The molecule has 12 heteroatoms. The second-order valence-corrected chi connectivity index (χ2v) is 10.6. The monoisotopic (exact) mass is 550 g/mol. The number of nitrogens with one attached hydrogen (secondary N) is 2. The molecule has 10 nitrogen and oxygen atoms in total. The fourth-order valence-corrected chi connectivity index (χ4v) is 6.16. The average Bonchev–Trinajstić information content (AvgIpc) is 3.70. The SMILES string of the molecule is O=CNOCC[C@@H](Cc1c[nH]c2ccccc12)n1nncc1CN(c1ccc(-c2ccccc2)s1)[SH](=O)=O. The molecule has 0 fully saturated rings. The van der Waals surface area contributed by atoms with Crippen LogP contribution in [0, 0.1) is 0 Å². The largest absolute Gasteiger partial charge is 0.361 e. The summed E-state index contributed by atoms with van der Waals surface area (Å²) in [6, 6.07) is 21.4. The number of thiol groups is 1. The summed E-state index contributed by atoms with van der Waals surface area (Å²) in [5.74, 6) is 0. The number of rotatable bonds is 13. The van der Waals surface area contributed by atoms with E-state index in [4.69, 9.17) is 4.84 Å². The lowest BCUT2D eigenvalue weighted by atomic mass is 10.0. The summed E-state index contributed by atoms with van der Waals surface area (Å²) >= 11 is 1.41. The predicted octanol–water partition coefficient (Wildman–Crippen LogP) is 3.87. The van der Waals surface area contributed by atoms with Gasteiger partial charge in [-0.25, -0.2) is 18.6 Å². The number of aromatic amines is 1. The molecule has 2 aromatic carbocycles. The number of carbonyl (C=O) groups is 1. The van der Waals surface area contributed by atoms with Crippen molar-refractivity contribution in [2.24, 2.45) is 0 Å². The van der Waals surface area contributed by atoms with Gasteiger partial charge in [-0.2, -0.15) is 0 Å². The maximum Gasteiger partial charge on any atom is 0.230 e. The molecular weight excluding hydrogens is 524 g/mol. The standard InChI is InChI=1S/C26H26N6O4S2/c33-18-29-36-13-12-21(14-20-15-27-24-9-5-4-8-23(20)24)32-22(16-28-30-32)17-31(38(34)35)26-11-10-25(37-26)19-6-2-1-3-7-19/h1-11,15-16,18,21,27,38H,12-14,17H2,(H,29,33)/t21-/m0/s1. The molecule has 38 heavy (non-hydrogen) atoms. The Bertz CT molecular complexity index is 1570. The number of hydrogen-bond donors (Lipinski definition) is 3. The molecule has 0 aliphatic heterocycles. The molecular formula is C26H26N6O4S2. The molecule has 196 valence electrons. The van der Waals surface area contributed by atoms with Gasteiger partial charge in [0.1, 0.15) is 5.00 Å². The van der Waals surface area contributed by atoms with Crippen molar-refractivity contribution < 1.29 is 18.0 Å². The second kappa shape index (κ2) is 12.0. The van der Waals surface area contributed by atoms with Gasteiger partial charge in [0.15, 0.2) is 0 Å². The number of fused-ring (bicyclic) bond motifs is 1. The number of para-hydroxylation sites is 1. The first kappa shape index (κ1) is 25.6. The van der Waals surface area contributed by atoms with E-state index in [1.54, 1.807) is 10.9 Å². The molecule has 1 amide bonds. The van der Waals surface area contributed by atoms with Crippen LogP contribution in [-0.4, -0.2) is 41.4 Å². The van der Waals surface area contributed by atoms with E-state index in [1.807, 2.05) is 66.9 Å². The topological polar surface area (TPSA) is 122 Å². The summed E-state index contributed by atoms with van der Waals surface area (Å²) in [4.78, 5) is 20.1. The number of aromatic nitrogens is 4. The fraction of sp³-hybridized carbons (Fsp3) is 0.192. The smallest absolute Gasteiger partial charge is 0.230 e. The highest BCUT2D eigenvalue weighted by Gasteiger charge is 2.22. The number of anilines is 1. The van der Waals surface area contributed by atoms with Crippen LogP contribution in [0.2, 0.25) is 0 Å². The van der Waals surface area contributed by atoms with Crippen molar-refractivity contribution >= 4 is 44.5 Å². The van der Waals surface area contributed by atoms with Crippen LogP contribution < -0.4 is 9.79 Å². The molecule has 0 bridgehead atoms. The van der Waals surface area contributed by atoms with E-state index in [0.717, 1.165) is 26.9 Å². The van der Waals surface area contributed by atoms with Gasteiger partial charge in [-0.3, -0.25) is 13.9 Å². The third-order valence-electron chi connectivity index (χ3n) is 6.22. The van der Waals surface area contributed by atoms with Gasteiger partial charge in [0, 0.05) is 22.0 Å². The lowest BCUT2D eigenvalue weighted by Crippen LogP contribution is -2.25. The van der Waals surface area contributed by atoms with Gasteiger partial charge in [-0.15, -0.1) is 16.4 Å². The Morgan fingerprint density at radius 2 is 1.92 bits per heavy atom. The summed E-state index contributed by atoms with van der Waals surface area (Å²) in [7, 11) is -2.92. The molecule has 1 atom stereocenters. The molecule has 0 aliphatic carbocycles. The number of carbonyl (C=O) groups excluding carboxylic acids is 1. The number of thiophene rings is 1. The number of hydroxylamine groups is 1. The highest BCUT2D eigenvalue weighted by molar-refractivity contribution is 7.74. The van der Waals surface area contributed by atoms with Crippen LogP contribution in [0.1, 0.15) is 23.7 Å². The second-order valence-electron chi connectivity index (χ2n) is 8.56. The van der Waals surface area contributed by atoms with Crippen molar-refractivity contribution in [1.29, 1.82) is 0 Å². The third-order valence-corrected chi connectivity index (χ3v) is 8.27. The first-order valence-corrected chi connectivity index (χ1v) is 13.9. The van der Waals surface area contributed by atoms with Gasteiger partial charge in [0.05, 0.1) is 31.1 Å². The predicted molar refractivity (Wildman–Crippen MR) is 147 cm³/mol. The van der Waals surface area contributed by atoms with E-state index in [9.17, 15) is 13.2 Å². The highest BCUT2D eigenvalue weighted by atomic mass is 32.2. The van der Waals surface area contributed by atoms with Gasteiger partial charge >= 0.3 is 0 Å². The van der Waals surface area contributed by atoms with E-state index < -0.39 is 10.9 Å². The number of H-pyrrole nitrogens is 1. The lowest BCUT2D eigenvalue weighted by Gasteiger charge is -2.21. The maximum absolute atomic E-state index is 12.4. The molecule has 0 aliphatic rings. The Morgan fingerprint density at radius 3 is 2.74 bits per heavy atom. The van der Waals surface area contributed by atoms with Crippen molar-refractivity contribution in [3.63, 3.8) is 0 Å². The number of hydrogen-bond acceptors (Lipinski definition) is 7. The van der Waals surface area contributed by atoms with Crippen LogP contribution in [0.5, 0.6) is 0 Å². The van der Waals surface area contributed by atoms with E-state index >= 15 is 0 Å². The zero-order valence-corrected chi connectivity index (χ0v) is 22.0. The first-order valence-electron chi connectivity index (χ1n) is 12.0. The molecule has 3 heterocycles. The van der Waals surface area contributed by atoms with Crippen LogP contribution >= 0.6 is 11.3 Å². The fourth-order valence-electron chi connectivity index (χ4n) is 4.43. The van der Waals surface area contributed by atoms with Crippen molar-refractivity contribution in [3.8, 4) is 10.4 Å². The Balaban J connectivity index is 1.41. The summed E-state index contributed by atoms with van der Waals surface area (Å²) in [6.45, 7) is 0.328. The van der Waals surface area contributed by atoms with E-state index in [-0.39, 0.29) is 19.2 Å². The number of amides is 1. The Kier molecular flexibility index (Phi) is 8.12. The first-order chi connectivity index (χ1) is 18.6. The Hall–Kier alpha value is -4.00. The van der Waals surface area contributed by atoms with E-state index in [0.29, 0.717) is 29.9 Å². The maximum atomic E-state index is 12.4. The molecule has 0 saturated heterocycles. The van der Waals surface area contributed by atoms with Crippen molar-refractivity contribution in [1.82, 2.24) is 25.5 Å². The summed E-state index contributed by atoms with van der Waals surface area (Å²) in [5.41, 5.74) is 6.01. The van der Waals surface area contributed by atoms with E-state index in [2.05, 4.69) is 26.8 Å². The highest BCUT2D eigenvalue weighted by Crippen LogP contribution is 2.34. The Morgan fingerprint density at radius 1 is 1.11 bits per heavy atom. The van der Waals surface area contributed by atoms with E-state index in [1.165, 1.54) is 15.6 Å². The van der Waals surface area contributed by atoms with Crippen LogP contribution in [-0.2, 0) is 33.5 Å². The molecule has 0 unspecified atom stereocenters. The average molecular weight is 551 g/mol. The van der Waals surface area contributed by atoms with Crippen molar-refractivity contribution in [3.05, 3.63) is 90.4 Å². The van der Waals surface area contributed by atoms with Crippen LogP contribution in [0.15, 0.2) is 79.1 Å². The van der Waals surface area contributed by atoms with Crippen molar-refractivity contribution in [2.45, 2.75) is 25.4 Å². The zero-order chi connectivity index (χ0) is 26.3. The summed E-state index contributed by atoms with van der Waals surface area (Å²) in [5, 5.41) is 10.1. The Labute approximate surface area is 224 Å². The molecule has 0 saturated carbocycles. The lowest BCUT2D eigenvalue weighted by molar-refractivity contribution is -0.120. The van der Waals surface area contributed by atoms with Gasteiger partial charge < -0.3 is 4.98 Å². The normalized spacial score (nSPS) is 12.1. The van der Waals surface area contributed by atoms with Gasteiger partial charge in [-0.1, -0.05) is 53.7 Å². The van der Waals surface area contributed by atoms with Gasteiger partial charge in [0.25, 0.3) is 0 Å². The minimum absolute atomic E-state index is 0.0816. The molecule has 5 rings (SSSR count). The summed E-state index contributed by atoms with van der Waals surface area (Å²) in [6.07, 6.45) is 5.15. The van der Waals surface area contributed by atoms with Crippen molar-refractivity contribution in [2.75, 3.05) is 10.9 Å². The molecule has 0 radical (unpaired) electrons. The van der Waals surface area contributed by atoms with Crippen LogP contribution in [0.4, 0.5) is 5.00 Å². The quantitative estimate of drug-likeness (QED) is 0.0886. The minimum atomic E-state index is -2.92. The number of benzene rings is 2. The van der Waals surface area contributed by atoms with Crippen LogP contribution in [0.25, 0.3) is 21.3 Å². The zero-order valence-electron chi connectivity index (χ0n) is 20.3. The minimum Gasteiger partial charge on any atom is -0.361 e. The molecule has 2 N–H and O–H groups in total. The third kappa shape index (κ3) is 5.77. The van der Waals surface area contributed by atoms with Gasteiger partial charge in [0.2, 0.25) is 17.3 Å². The summed E-state index contributed by atoms with van der Waals surface area (Å²) < 4.78 is 27.8. The molecule has 3 aromatic heterocycles. The van der Waals surface area contributed by atoms with Gasteiger partial charge in [-0.05, 0) is 42.2 Å². The van der Waals surface area contributed by atoms with Crippen LogP contribution in [0.3, 0.4) is 0 Å².